The third-order valence-corrected chi connectivity index (χ3v) is 10.1. The summed E-state index contributed by atoms with van der Waals surface area (Å²) in [4.78, 5) is 32.7. The van der Waals surface area contributed by atoms with E-state index in [1.165, 1.54) is 46.9 Å². The van der Waals surface area contributed by atoms with Crippen molar-refractivity contribution in [1.29, 1.82) is 0 Å². The topological polar surface area (TPSA) is 154 Å². The second-order valence-electron chi connectivity index (χ2n) is 9.04. The van der Waals surface area contributed by atoms with Gasteiger partial charge in [-0.2, -0.15) is 0 Å². The Kier molecular flexibility index (Phi) is 7.71. The zero-order valence-electron chi connectivity index (χ0n) is 21.0. The molecule has 0 aliphatic carbocycles. The standard InChI is InChI=1S/C25H24N6O6S3/c32-23(30-25-28-19-5-6-20(29-24(19)39-25)37-16-11-26-12-16)22(31-36-14-21-27-8-10-38-21)15-1-3-17(4-2-15)40(33,34)18-7-9-35-13-18/h1-6,8,10,16,18,26H,7,9,11-14H2,(H,28,30,32)/t18-/m0/s1. The van der Waals surface area contributed by atoms with Crippen LogP contribution in [-0.4, -0.2) is 72.6 Å². The zero-order valence-corrected chi connectivity index (χ0v) is 23.4. The number of pyridine rings is 1. The molecule has 3 aromatic heterocycles. The second kappa shape index (κ2) is 11.5. The largest absolute Gasteiger partial charge is 0.472 e. The highest BCUT2D eigenvalue weighted by atomic mass is 32.2. The van der Waals surface area contributed by atoms with Crippen LogP contribution in [-0.2, 0) is 30.8 Å². The quantitative estimate of drug-likeness (QED) is 0.205. The van der Waals surface area contributed by atoms with E-state index in [9.17, 15) is 13.2 Å². The second-order valence-corrected chi connectivity index (χ2v) is 13.2. The molecule has 12 nitrogen and oxygen atoms in total. The summed E-state index contributed by atoms with van der Waals surface area (Å²) < 4.78 is 36.9. The van der Waals surface area contributed by atoms with Gasteiger partial charge in [-0.05, 0) is 24.6 Å². The van der Waals surface area contributed by atoms with Gasteiger partial charge in [-0.25, -0.2) is 23.4 Å². The van der Waals surface area contributed by atoms with Crippen molar-refractivity contribution in [2.45, 2.75) is 29.3 Å². The van der Waals surface area contributed by atoms with Gasteiger partial charge in [0.2, 0.25) is 5.88 Å². The molecule has 1 atom stereocenters. The number of carbonyl (C=O) groups is 1. The van der Waals surface area contributed by atoms with Gasteiger partial charge in [0.25, 0.3) is 5.91 Å². The summed E-state index contributed by atoms with van der Waals surface area (Å²) in [5.74, 6) is -0.0763. The minimum Gasteiger partial charge on any atom is -0.472 e. The van der Waals surface area contributed by atoms with Gasteiger partial charge in [-0.3, -0.25) is 10.1 Å². The number of aromatic nitrogens is 3. The van der Waals surface area contributed by atoms with Crippen LogP contribution in [0.2, 0.25) is 0 Å². The van der Waals surface area contributed by atoms with E-state index in [0.717, 1.165) is 13.1 Å². The molecule has 1 aromatic carbocycles. The minimum absolute atomic E-state index is 0.0431. The Morgan fingerprint density at radius 3 is 2.73 bits per heavy atom. The number of ether oxygens (including phenoxy) is 2. The van der Waals surface area contributed by atoms with Gasteiger partial charge >= 0.3 is 0 Å². The summed E-state index contributed by atoms with van der Waals surface area (Å²) >= 11 is 2.60. The van der Waals surface area contributed by atoms with Crippen molar-refractivity contribution in [3.05, 3.63) is 58.5 Å². The van der Waals surface area contributed by atoms with E-state index in [1.54, 1.807) is 18.3 Å². The molecule has 2 fully saturated rings. The summed E-state index contributed by atoms with van der Waals surface area (Å²) in [5.41, 5.74) is 0.948. The number of nitrogens with one attached hydrogen (secondary N) is 2. The smallest absolute Gasteiger partial charge is 0.280 e. The molecule has 208 valence electrons. The van der Waals surface area contributed by atoms with E-state index in [4.69, 9.17) is 14.3 Å². The van der Waals surface area contributed by atoms with Crippen molar-refractivity contribution in [1.82, 2.24) is 20.3 Å². The van der Waals surface area contributed by atoms with Crippen LogP contribution >= 0.6 is 22.7 Å². The van der Waals surface area contributed by atoms with Crippen LogP contribution in [0.5, 0.6) is 5.88 Å². The van der Waals surface area contributed by atoms with E-state index in [2.05, 4.69) is 30.7 Å². The Balaban J connectivity index is 1.22. The fraction of sp³-hybridized carbons (Fsp3) is 0.320. The van der Waals surface area contributed by atoms with E-state index < -0.39 is 21.0 Å². The van der Waals surface area contributed by atoms with E-state index in [0.29, 0.717) is 45.0 Å². The maximum absolute atomic E-state index is 13.4. The number of nitrogens with zero attached hydrogens (tertiary/aromatic N) is 4. The molecule has 0 spiro atoms. The number of rotatable bonds is 10. The molecule has 4 aromatic rings. The van der Waals surface area contributed by atoms with Crippen LogP contribution in [0.1, 0.15) is 17.0 Å². The Bertz CT molecular complexity index is 1630. The number of amides is 1. The Hall–Kier alpha value is -3.50. The maximum Gasteiger partial charge on any atom is 0.280 e. The lowest BCUT2D eigenvalue weighted by Crippen LogP contribution is -2.50. The Labute approximate surface area is 237 Å². The zero-order chi connectivity index (χ0) is 27.5. The average Bonchev–Trinajstić information content (AvgIpc) is 3.71. The number of hydrogen-bond donors (Lipinski definition) is 2. The van der Waals surface area contributed by atoms with Crippen molar-refractivity contribution in [2.24, 2.45) is 5.16 Å². The van der Waals surface area contributed by atoms with Crippen molar-refractivity contribution >= 4 is 59.6 Å². The number of thiazole rings is 2. The predicted octanol–water partition coefficient (Wildman–Crippen LogP) is 2.62. The van der Waals surface area contributed by atoms with Crippen LogP contribution in [0.15, 0.2) is 58.0 Å². The minimum atomic E-state index is -3.55. The SMILES string of the molecule is O=C(Nc1nc2ccc(OC3CNC3)nc2s1)C(=NOCc1nccs1)c1ccc(S(=O)(=O)[C@H]2CCOC2)cc1. The number of hydrogen-bond acceptors (Lipinski definition) is 13. The van der Waals surface area contributed by atoms with Crippen LogP contribution < -0.4 is 15.4 Å². The molecule has 0 bridgehead atoms. The number of anilines is 1. The first-order chi connectivity index (χ1) is 19.5. The molecule has 0 unspecified atom stereocenters. The first kappa shape index (κ1) is 26.7. The number of benzene rings is 1. The molecule has 0 saturated carbocycles. The number of oxime groups is 1. The molecule has 1 amide bonds. The van der Waals surface area contributed by atoms with Gasteiger partial charge in [-0.15, -0.1) is 11.3 Å². The monoisotopic (exact) mass is 600 g/mol. The molecule has 15 heteroatoms. The van der Waals surface area contributed by atoms with Crippen LogP contribution in [0.25, 0.3) is 10.3 Å². The first-order valence-electron chi connectivity index (χ1n) is 12.4. The normalized spacial score (nSPS) is 18.0. The lowest BCUT2D eigenvalue weighted by Gasteiger charge is -2.27. The Morgan fingerprint density at radius 2 is 2.02 bits per heavy atom. The van der Waals surface area contributed by atoms with Crippen molar-refractivity contribution in [2.75, 3.05) is 31.6 Å². The highest BCUT2D eigenvalue weighted by Crippen LogP contribution is 2.27. The van der Waals surface area contributed by atoms with Gasteiger partial charge < -0.3 is 19.6 Å². The van der Waals surface area contributed by atoms with Crippen LogP contribution in [0.3, 0.4) is 0 Å². The Morgan fingerprint density at radius 1 is 1.18 bits per heavy atom. The van der Waals surface area contributed by atoms with Gasteiger partial charge in [0.15, 0.2) is 27.3 Å². The molecule has 6 rings (SSSR count). The summed E-state index contributed by atoms with van der Waals surface area (Å²) in [6, 6.07) is 9.54. The molecule has 2 aliphatic rings. The predicted molar refractivity (Wildman–Crippen MR) is 150 cm³/mol. The van der Waals surface area contributed by atoms with E-state index in [1.807, 2.05) is 5.38 Å². The summed E-state index contributed by atoms with van der Waals surface area (Å²) in [6.07, 6.45) is 2.19. The van der Waals surface area contributed by atoms with Crippen LogP contribution in [0.4, 0.5) is 5.13 Å². The van der Waals surface area contributed by atoms with Crippen molar-refractivity contribution in [3.8, 4) is 5.88 Å². The van der Waals surface area contributed by atoms with Gasteiger partial charge in [0.1, 0.15) is 21.5 Å². The molecule has 2 aliphatic heterocycles. The molecule has 5 heterocycles. The summed E-state index contributed by atoms with van der Waals surface area (Å²) in [6.45, 7) is 2.22. The van der Waals surface area contributed by atoms with Crippen molar-refractivity contribution < 1.29 is 27.5 Å². The molecule has 2 N–H and O–H groups in total. The molecule has 2 saturated heterocycles. The van der Waals surface area contributed by atoms with Gasteiger partial charge in [0, 0.05) is 42.9 Å². The van der Waals surface area contributed by atoms with Crippen LogP contribution in [0, 0.1) is 0 Å². The fourth-order valence-corrected chi connectivity index (χ4v) is 6.97. The third kappa shape index (κ3) is 5.83. The molecular weight excluding hydrogens is 577 g/mol. The molecular formula is C25H24N6O6S3. The number of fused-ring (bicyclic) bond motifs is 1. The maximum atomic E-state index is 13.4. The average molecular weight is 601 g/mol. The highest BCUT2D eigenvalue weighted by Gasteiger charge is 2.31. The molecule has 40 heavy (non-hydrogen) atoms. The third-order valence-electron chi connectivity index (χ3n) is 6.31. The fourth-order valence-electron chi connectivity index (χ4n) is 4.05. The first-order valence-corrected chi connectivity index (χ1v) is 15.7. The van der Waals surface area contributed by atoms with Crippen molar-refractivity contribution in [3.63, 3.8) is 0 Å². The number of sulfone groups is 1. The highest BCUT2D eigenvalue weighted by molar-refractivity contribution is 7.92. The number of carbonyl (C=O) groups excluding carboxylic acids is 1. The van der Waals surface area contributed by atoms with E-state index in [-0.39, 0.29) is 29.9 Å². The summed E-state index contributed by atoms with van der Waals surface area (Å²) in [7, 11) is -3.55. The van der Waals surface area contributed by atoms with Gasteiger partial charge in [-0.1, -0.05) is 28.6 Å². The molecule has 0 radical (unpaired) electrons. The lowest BCUT2D eigenvalue weighted by atomic mass is 10.1. The van der Waals surface area contributed by atoms with Gasteiger partial charge in [0.05, 0.1) is 16.8 Å². The summed E-state index contributed by atoms with van der Waals surface area (Å²) in [5, 5.41) is 12.2. The van der Waals surface area contributed by atoms with E-state index >= 15 is 0 Å². The lowest BCUT2D eigenvalue weighted by molar-refractivity contribution is -0.110.